The Morgan fingerprint density at radius 3 is 2.27 bits per heavy atom. The number of carbonyl (C=O) groups excluding carboxylic acids is 1. The Bertz CT molecular complexity index is 760. The number of benzene rings is 2. The summed E-state index contributed by atoms with van der Waals surface area (Å²) < 4.78 is 21.2. The second kappa shape index (κ2) is 9.51. The maximum atomic E-state index is 11.8. The van der Waals surface area contributed by atoms with E-state index >= 15 is 0 Å². The maximum Gasteiger partial charge on any atom is 0.330 e. The van der Waals surface area contributed by atoms with Crippen molar-refractivity contribution in [2.45, 2.75) is 13.8 Å². The molecular weight excluding hydrogens is 332 g/mol. The van der Waals surface area contributed by atoms with Gasteiger partial charge in [-0.25, -0.2) is 4.79 Å². The van der Waals surface area contributed by atoms with E-state index in [4.69, 9.17) is 18.9 Å². The van der Waals surface area contributed by atoms with Crippen LogP contribution in [0.3, 0.4) is 0 Å². The summed E-state index contributed by atoms with van der Waals surface area (Å²) in [4.78, 5) is 11.8. The van der Waals surface area contributed by atoms with Crippen LogP contribution in [-0.2, 0) is 9.53 Å². The topological polar surface area (TPSA) is 54.0 Å². The third-order valence-corrected chi connectivity index (χ3v) is 3.61. The van der Waals surface area contributed by atoms with Crippen LogP contribution in [0.25, 0.3) is 6.08 Å². The van der Waals surface area contributed by atoms with Crippen molar-refractivity contribution in [3.8, 4) is 17.2 Å². The van der Waals surface area contributed by atoms with Gasteiger partial charge in [-0.1, -0.05) is 12.1 Å². The van der Waals surface area contributed by atoms with Crippen molar-refractivity contribution in [3.05, 3.63) is 59.2 Å². The molecule has 0 aromatic heterocycles. The lowest BCUT2D eigenvalue weighted by Crippen LogP contribution is -2.10. The molecule has 0 fully saturated rings. The van der Waals surface area contributed by atoms with E-state index < -0.39 is 5.97 Å². The highest BCUT2D eigenvalue weighted by Crippen LogP contribution is 2.27. The van der Waals surface area contributed by atoms with Gasteiger partial charge in [-0.3, -0.25) is 0 Å². The monoisotopic (exact) mass is 356 g/mol. The minimum Gasteiger partial charge on any atom is -0.493 e. The van der Waals surface area contributed by atoms with E-state index in [9.17, 15) is 4.79 Å². The summed E-state index contributed by atoms with van der Waals surface area (Å²) in [5.41, 5.74) is 3.08. The van der Waals surface area contributed by atoms with E-state index in [2.05, 4.69) is 6.07 Å². The van der Waals surface area contributed by atoms with Gasteiger partial charge in [0.2, 0.25) is 0 Å². The van der Waals surface area contributed by atoms with Crippen LogP contribution in [0.4, 0.5) is 0 Å². The van der Waals surface area contributed by atoms with Crippen molar-refractivity contribution in [1.29, 1.82) is 0 Å². The third kappa shape index (κ3) is 5.84. The summed E-state index contributed by atoms with van der Waals surface area (Å²) in [6.45, 7) is 4.51. The molecule has 2 aromatic carbocycles. The highest BCUT2D eigenvalue weighted by atomic mass is 16.6. The van der Waals surface area contributed by atoms with Gasteiger partial charge in [0, 0.05) is 6.08 Å². The molecule has 0 saturated heterocycles. The Hall–Kier alpha value is -2.95. The zero-order valence-corrected chi connectivity index (χ0v) is 15.6. The molecule has 5 heteroatoms. The molecule has 0 aliphatic rings. The van der Waals surface area contributed by atoms with Crippen LogP contribution in [0.1, 0.15) is 16.7 Å². The van der Waals surface area contributed by atoms with Crippen LogP contribution in [0.2, 0.25) is 0 Å². The molecule has 0 bridgehead atoms. The van der Waals surface area contributed by atoms with Crippen molar-refractivity contribution in [2.75, 3.05) is 27.4 Å². The van der Waals surface area contributed by atoms with E-state index in [0.29, 0.717) is 18.1 Å². The minimum atomic E-state index is -0.427. The zero-order valence-electron chi connectivity index (χ0n) is 15.6. The molecule has 0 aliphatic heterocycles. The average Bonchev–Trinajstić information content (AvgIpc) is 2.62. The van der Waals surface area contributed by atoms with E-state index in [-0.39, 0.29) is 6.61 Å². The molecule has 138 valence electrons. The summed E-state index contributed by atoms with van der Waals surface area (Å²) in [5.74, 6) is 1.59. The first-order chi connectivity index (χ1) is 12.5. The second-order valence-electron chi connectivity index (χ2n) is 5.79. The van der Waals surface area contributed by atoms with E-state index in [0.717, 1.165) is 22.4 Å². The Morgan fingerprint density at radius 2 is 1.62 bits per heavy atom. The molecule has 5 nitrogen and oxygen atoms in total. The van der Waals surface area contributed by atoms with Crippen molar-refractivity contribution in [1.82, 2.24) is 0 Å². The summed E-state index contributed by atoms with van der Waals surface area (Å²) in [6.07, 6.45) is 3.03. The van der Waals surface area contributed by atoms with Crippen LogP contribution in [-0.4, -0.2) is 33.4 Å². The zero-order chi connectivity index (χ0) is 18.9. The number of methoxy groups -OCH3 is 2. The Balaban J connectivity index is 1.80. The number of esters is 1. The van der Waals surface area contributed by atoms with Crippen LogP contribution >= 0.6 is 0 Å². The Kier molecular flexibility index (Phi) is 7.09. The molecular formula is C21H24O5. The molecule has 0 unspecified atom stereocenters. The number of aryl methyl sites for hydroxylation is 2. The van der Waals surface area contributed by atoms with Gasteiger partial charge < -0.3 is 18.9 Å². The molecule has 0 radical (unpaired) electrons. The van der Waals surface area contributed by atoms with E-state index in [1.54, 1.807) is 32.4 Å². The first-order valence-electron chi connectivity index (χ1n) is 8.30. The summed E-state index contributed by atoms with van der Waals surface area (Å²) in [6, 6.07) is 11.4. The number of hydrogen-bond donors (Lipinski definition) is 0. The molecule has 0 saturated carbocycles. The quantitative estimate of drug-likeness (QED) is 0.407. The Labute approximate surface area is 154 Å². The van der Waals surface area contributed by atoms with Gasteiger partial charge in [0.05, 0.1) is 14.2 Å². The van der Waals surface area contributed by atoms with Crippen LogP contribution in [0, 0.1) is 13.8 Å². The normalized spacial score (nSPS) is 10.6. The SMILES string of the molecule is COc1ccc(/C=C/C(=O)OCCOc2cc(C)cc(C)c2)cc1OC. The smallest absolute Gasteiger partial charge is 0.330 e. The molecule has 2 rings (SSSR count). The predicted octanol–water partition coefficient (Wildman–Crippen LogP) is 3.96. The predicted molar refractivity (Wildman–Crippen MR) is 101 cm³/mol. The van der Waals surface area contributed by atoms with Crippen LogP contribution in [0.15, 0.2) is 42.5 Å². The molecule has 0 aliphatic carbocycles. The highest BCUT2D eigenvalue weighted by Gasteiger charge is 2.04. The van der Waals surface area contributed by atoms with Crippen molar-refractivity contribution < 1.29 is 23.7 Å². The number of ether oxygens (including phenoxy) is 4. The first kappa shape index (κ1) is 19.4. The molecule has 0 N–H and O–H groups in total. The third-order valence-electron chi connectivity index (χ3n) is 3.61. The van der Waals surface area contributed by atoms with Gasteiger partial charge in [-0.15, -0.1) is 0 Å². The van der Waals surface area contributed by atoms with Crippen LogP contribution in [0.5, 0.6) is 17.2 Å². The molecule has 0 atom stereocenters. The fourth-order valence-electron chi connectivity index (χ4n) is 2.49. The summed E-state index contributed by atoms with van der Waals surface area (Å²) in [5, 5.41) is 0. The molecule has 0 heterocycles. The van der Waals surface area contributed by atoms with Gasteiger partial charge in [0.15, 0.2) is 11.5 Å². The summed E-state index contributed by atoms with van der Waals surface area (Å²) >= 11 is 0. The lowest BCUT2D eigenvalue weighted by molar-refractivity contribution is -0.138. The van der Waals surface area contributed by atoms with Gasteiger partial charge in [-0.05, 0) is 60.9 Å². The summed E-state index contributed by atoms with van der Waals surface area (Å²) in [7, 11) is 3.14. The second-order valence-corrected chi connectivity index (χ2v) is 5.79. The fraction of sp³-hybridized carbons (Fsp3) is 0.286. The Morgan fingerprint density at radius 1 is 0.923 bits per heavy atom. The number of hydrogen-bond acceptors (Lipinski definition) is 5. The van der Waals surface area contributed by atoms with Gasteiger partial charge in [0.1, 0.15) is 19.0 Å². The van der Waals surface area contributed by atoms with Crippen molar-refractivity contribution in [2.24, 2.45) is 0 Å². The van der Waals surface area contributed by atoms with Crippen LogP contribution < -0.4 is 14.2 Å². The lowest BCUT2D eigenvalue weighted by atomic mass is 10.1. The van der Waals surface area contributed by atoms with Gasteiger partial charge in [0.25, 0.3) is 0 Å². The van der Waals surface area contributed by atoms with Crippen molar-refractivity contribution in [3.63, 3.8) is 0 Å². The van der Waals surface area contributed by atoms with Gasteiger partial charge >= 0.3 is 5.97 Å². The first-order valence-corrected chi connectivity index (χ1v) is 8.30. The van der Waals surface area contributed by atoms with E-state index in [1.165, 1.54) is 6.08 Å². The standard InChI is InChI=1S/C21H24O5/c1-15-11-16(2)13-18(12-15)25-9-10-26-21(22)8-6-17-5-7-19(23-3)20(14-17)24-4/h5-8,11-14H,9-10H2,1-4H3/b8-6+. The molecule has 26 heavy (non-hydrogen) atoms. The lowest BCUT2D eigenvalue weighted by Gasteiger charge is -2.08. The largest absolute Gasteiger partial charge is 0.493 e. The highest BCUT2D eigenvalue weighted by molar-refractivity contribution is 5.87. The number of rotatable bonds is 8. The van der Waals surface area contributed by atoms with Crippen molar-refractivity contribution >= 4 is 12.0 Å². The van der Waals surface area contributed by atoms with Gasteiger partial charge in [-0.2, -0.15) is 0 Å². The minimum absolute atomic E-state index is 0.183. The molecule has 2 aromatic rings. The maximum absolute atomic E-state index is 11.8. The average molecular weight is 356 g/mol. The fourth-order valence-corrected chi connectivity index (χ4v) is 2.49. The number of carbonyl (C=O) groups is 1. The molecule has 0 amide bonds. The molecule has 0 spiro atoms. The van der Waals surface area contributed by atoms with E-state index in [1.807, 2.05) is 32.0 Å².